The number of carbonyl (C=O) groups excluding carboxylic acids is 1. The van der Waals surface area contributed by atoms with Crippen molar-refractivity contribution in [3.05, 3.63) is 62.3 Å². The molecule has 2 N–H and O–H groups in total. The number of ether oxygens (including phenoxy) is 1. The Hall–Kier alpha value is -2.32. The molecule has 0 aromatic heterocycles. The molecule has 1 atom stereocenters. The second-order valence-electron chi connectivity index (χ2n) is 9.91. The summed E-state index contributed by atoms with van der Waals surface area (Å²) in [4.78, 5) is 23.5. The third-order valence-electron chi connectivity index (χ3n) is 6.75. The Morgan fingerprint density at radius 1 is 1.05 bits per heavy atom. The molecule has 4 rings (SSSR count). The van der Waals surface area contributed by atoms with Crippen LogP contribution in [0.4, 0.5) is 17.6 Å². The van der Waals surface area contributed by atoms with Crippen LogP contribution >= 0.6 is 34.8 Å². The van der Waals surface area contributed by atoms with Crippen LogP contribution in [0.25, 0.3) is 0 Å². The zero-order chi connectivity index (χ0) is 31.4. The highest BCUT2D eigenvalue weighted by Crippen LogP contribution is 2.33. The molecular formula is C26H27Cl3F4N2O6S. The van der Waals surface area contributed by atoms with Crippen LogP contribution in [-0.2, 0) is 14.8 Å². The molecule has 232 valence electrons. The maximum Gasteiger partial charge on any atom is 0.490 e. The second kappa shape index (κ2) is 14.0. The summed E-state index contributed by atoms with van der Waals surface area (Å²) in [7, 11) is -3.79. The summed E-state index contributed by atoms with van der Waals surface area (Å²) in [6.45, 7) is 4.19. The molecular weight excluding hydrogens is 651 g/mol. The molecule has 1 heterocycles. The quantitative estimate of drug-likeness (QED) is 0.307. The third-order valence-corrected chi connectivity index (χ3v) is 9.30. The largest absolute Gasteiger partial charge is 0.492 e. The van der Waals surface area contributed by atoms with Crippen molar-refractivity contribution in [3.8, 4) is 5.75 Å². The zero-order valence-electron chi connectivity index (χ0n) is 22.1. The van der Waals surface area contributed by atoms with Crippen molar-refractivity contribution in [2.45, 2.75) is 50.1 Å². The Balaban J connectivity index is 0.000000616. The van der Waals surface area contributed by atoms with Gasteiger partial charge in [-0.2, -0.15) is 13.2 Å². The number of nitrogens with one attached hydrogen (secondary N) is 1. The van der Waals surface area contributed by atoms with Crippen molar-refractivity contribution in [2.24, 2.45) is 5.92 Å². The van der Waals surface area contributed by atoms with Crippen LogP contribution in [0.2, 0.25) is 15.1 Å². The number of likely N-dealkylation sites (tertiary alicyclic amines) is 1. The number of carboxylic acid groups (broad SMARTS) is 1. The molecule has 0 unspecified atom stereocenters. The summed E-state index contributed by atoms with van der Waals surface area (Å²) in [5, 5.41) is 7.80. The Labute approximate surface area is 254 Å². The highest BCUT2D eigenvalue weighted by Gasteiger charge is 2.38. The van der Waals surface area contributed by atoms with Gasteiger partial charge in [-0.1, -0.05) is 34.8 Å². The van der Waals surface area contributed by atoms with Gasteiger partial charge >= 0.3 is 12.1 Å². The summed E-state index contributed by atoms with van der Waals surface area (Å²) >= 11 is 18.5. The molecule has 8 nitrogen and oxygen atoms in total. The monoisotopic (exact) mass is 676 g/mol. The number of carbonyl (C=O) groups is 2. The second-order valence-corrected chi connectivity index (χ2v) is 13.2. The van der Waals surface area contributed by atoms with Crippen molar-refractivity contribution < 1.29 is 45.4 Å². The number of alkyl halides is 3. The van der Waals surface area contributed by atoms with Gasteiger partial charge in [-0.05, 0) is 81.4 Å². The summed E-state index contributed by atoms with van der Waals surface area (Å²) in [6, 6.07) is 7.86. The highest BCUT2D eigenvalue weighted by atomic mass is 35.5. The molecule has 42 heavy (non-hydrogen) atoms. The first-order valence-corrected chi connectivity index (χ1v) is 15.3. The van der Waals surface area contributed by atoms with E-state index in [1.807, 2.05) is 16.9 Å². The molecule has 1 saturated heterocycles. The zero-order valence-corrected chi connectivity index (χ0v) is 25.1. The van der Waals surface area contributed by atoms with Crippen molar-refractivity contribution >= 4 is 56.7 Å². The maximum atomic E-state index is 14.6. The highest BCUT2D eigenvalue weighted by molar-refractivity contribution is 7.91. The molecule has 2 aromatic rings. The van der Waals surface area contributed by atoms with Gasteiger partial charge in [-0.3, -0.25) is 9.69 Å². The lowest BCUT2D eigenvalue weighted by Gasteiger charge is -2.36. The lowest BCUT2D eigenvalue weighted by molar-refractivity contribution is -0.192. The van der Waals surface area contributed by atoms with Crippen LogP contribution in [0.3, 0.4) is 0 Å². The van der Waals surface area contributed by atoms with Gasteiger partial charge in [0, 0.05) is 22.2 Å². The standard InChI is InChI=1S/C24H26Cl3FN2O4S.C2HF3O2/c1-14(16-8-17(25)10-18(26)9-16)30-6-4-15(5-7-30)13-34-23-12-22(28)20(11-21(23)27)24(31)29-35(32,33)19-2-3-19;3-2(4,5)1(6)7/h8-12,14-15,19H,2-7,13H2,1H3,(H,29,31);(H,6,7)/t14-;/m1./s1. The van der Waals surface area contributed by atoms with E-state index in [0.29, 0.717) is 29.5 Å². The number of sulfonamides is 1. The van der Waals surface area contributed by atoms with Gasteiger partial charge in [0.05, 0.1) is 22.4 Å². The van der Waals surface area contributed by atoms with E-state index in [0.717, 1.165) is 43.6 Å². The van der Waals surface area contributed by atoms with Gasteiger partial charge in [0.25, 0.3) is 5.91 Å². The SMILES string of the molecule is C[C@H](c1cc(Cl)cc(Cl)c1)N1CCC(COc2cc(F)c(C(=O)NS(=O)(=O)C3CC3)cc2Cl)CC1.O=C(O)C(F)(F)F. The molecule has 16 heteroatoms. The minimum absolute atomic E-state index is 0.0456. The first kappa shape index (κ1) is 34.2. The maximum absolute atomic E-state index is 14.6. The molecule has 2 aromatic carbocycles. The number of hydrogen-bond acceptors (Lipinski definition) is 6. The van der Waals surface area contributed by atoms with Gasteiger partial charge in [-0.15, -0.1) is 0 Å². The molecule has 0 spiro atoms. The Morgan fingerprint density at radius 3 is 2.10 bits per heavy atom. The topological polar surface area (TPSA) is 113 Å². The normalized spacial score (nSPS) is 17.1. The van der Waals surface area contributed by atoms with Crippen LogP contribution < -0.4 is 9.46 Å². The number of nitrogens with zero attached hydrogens (tertiary/aromatic N) is 1. The first-order chi connectivity index (χ1) is 19.5. The van der Waals surface area contributed by atoms with E-state index in [1.165, 1.54) is 0 Å². The minimum atomic E-state index is -5.08. The molecule has 1 aliphatic carbocycles. The molecule has 0 radical (unpaired) electrons. The predicted octanol–water partition coefficient (Wildman–Crippen LogP) is 6.49. The first-order valence-electron chi connectivity index (χ1n) is 12.7. The van der Waals surface area contributed by atoms with E-state index in [9.17, 15) is 30.8 Å². The Kier molecular flexibility index (Phi) is 11.4. The third kappa shape index (κ3) is 9.60. The van der Waals surface area contributed by atoms with Crippen LogP contribution in [0.1, 0.15) is 54.6 Å². The number of hydrogen-bond donors (Lipinski definition) is 2. The van der Waals surface area contributed by atoms with Gasteiger partial charge in [0.2, 0.25) is 10.0 Å². The summed E-state index contributed by atoms with van der Waals surface area (Å²) in [5.74, 6) is -4.31. The van der Waals surface area contributed by atoms with Crippen molar-refractivity contribution in [2.75, 3.05) is 19.7 Å². The fraction of sp³-hybridized carbons (Fsp3) is 0.462. The van der Waals surface area contributed by atoms with E-state index in [4.69, 9.17) is 49.4 Å². The lowest BCUT2D eigenvalue weighted by atomic mass is 9.95. The average Bonchev–Trinajstić information content (AvgIpc) is 3.74. The number of piperidine rings is 1. The predicted molar refractivity (Wildman–Crippen MR) is 149 cm³/mol. The molecule has 2 aliphatic rings. The van der Waals surface area contributed by atoms with E-state index in [-0.39, 0.29) is 22.7 Å². The Morgan fingerprint density at radius 2 is 1.60 bits per heavy atom. The Bertz CT molecular complexity index is 1400. The van der Waals surface area contributed by atoms with Crippen LogP contribution in [-0.4, -0.2) is 61.4 Å². The summed E-state index contributed by atoms with van der Waals surface area (Å²) in [5.41, 5.74) is 0.628. The number of carboxylic acids is 1. The number of halogens is 7. The molecule has 1 aliphatic heterocycles. The smallest absolute Gasteiger partial charge is 0.490 e. The van der Waals surface area contributed by atoms with Crippen molar-refractivity contribution in [3.63, 3.8) is 0 Å². The number of benzene rings is 2. The molecule has 2 fully saturated rings. The van der Waals surface area contributed by atoms with Gasteiger partial charge in [-0.25, -0.2) is 22.3 Å². The van der Waals surface area contributed by atoms with E-state index in [2.05, 4.69) is 11.8 Å². The lowest BCUT2D eigenvalue weighted by Crippen LogP contribution is -2.37. The fourth-order valence-electron chi connectivity index (χ4n) is 4.20. The molecule has 1 amide bonds. The van der Waals surface area contributed by atoms with Crippen LogP contribution in [0.5, 0.6) is 5.75 Å². The molecule has 1 saturated carbocycles. The van der Waals surface area contributed by atoms with Gasteiger partial charge in [0.15, 0.2) is 0 Å². The summed E-state index contributed by atoms with van der Waals surface area (Å²) < 4.78 is 77.9. The van der Waals surface area contributed by atoms with Crippen molar-refractivity contribution in [1.82, 2.24) is 9.62 Å². The van der Waals surface area contributed by atoms with Crippen LogP contribution in [0.15, 0.2) is 30.3 Å². The minimum Gasteiger partial charge on any atom is -0.492 e. The van der Waals surface area contributed by atoms with Crippen molar-refractivity contribution in [1.29, 1.82) is 0 Å². The van der Waals surface area contributed by atoms with Crippen LogP contribution in [0, 0.1) is 11.7 Å². The van der Waals surface area contributed by atoms with E-state index >= 15 is 0 Å². The van der Waals surface area contributed by atoms with Gasteiger partial charge in [0.1, 0.15) is 11.6 Å². The van der Waals surface area contributed by atoms with E-state index in [1.54, 1.807) is 6.07 Å². The summed E-state index contributed by atoms with van der Waals surface area (Å²) in [6.07, 6.45) is -2.33. The number of rotatable bonds is 8. The average molecular weight is 678 g/mol. The number of aliphatic carboxylic acids is 1. The number of amides is 1. The fourth-order valence-corrected chi connectivity index (χ4v) is 6.25. The van der Waals surface area contributed by atoms with E-state index < -0.39 is 44.7 Å². The molecule has 0 bridgehead atoms. The van der Waals surface area contributed by atoms with Gasteiger partial charge < -0.3 is 9.84 Å².